The molecular formula is C110H208N2O4S2. The van der Waals surface area contributed by atoms with Crippen molar-refractivity contribution in [3.8, 4) is 0 Å². The third kappa shape index (κ3) is 77.6. The summed E-state index contributed by atoms with van der Waals surface area (Å²) in [5, 5.41) is 21.9. The maximum absolute atomic E-state index is 11.0. The van der Waals surface area contributed by atoms with Gasteiger partial charge in [-0.15, -0.1) is 0 Å². The van der Waals surface area contributed by atoms with Crippen LogP contribution in [0.5, 0.6) is 0 Å². The van der Waals surface area contributed by atoms with Crippen molar-refractivity contribution in [1.29, 1.82) is 0 Å². The first kappa shape index (κ1) is 116. The zero-order chi connectivity index (χ0) is 85.8. The third-order valence-electron chi connectivity index (χ3n) is 26.3. The fourth-order valence-corrected chi connectivity index (χ4v) is 20.7. The van der Waals surface area contributed by atoms with Gasteiger partial charge >= 0.3 is 0 Å². The largest absolute Gasteiger partial charge is 0.545 e. The molecule has 0 atom stereocenters. The predicted octanol–water partition coefficient (Wildman–Crippen LogP) is 36.2. The van der Waals surface area contributed by atoms with Gasteiger partial charge in [0.25, 0.3) is 0 Å². The minimum Gasteiger partial charge on any atom is -0.545 e. The Morgan fingerprint density at radius 2 is 0.297 bits per heavy atom. The number of hydrogen-bond acceptors (Lipinski definition) is 6. The second-order valence-corrected chi connectivity index (χ2v) is 39.9. The molecule has 0 amide bonds. The fourth-order valence-electron chi connectivity index (χ4n) is 18.3. The van der Waals surface area contributed by atoms with E-state index in [4.69, 9.17) is 0 Å². The second kappa shape index (κ2) is 94.1. The van der Waals surface area contributed by atoms with E-state index in [1.165, 1.54) is 587 Å². The number of nitrogens with zero attached hydrogens (tertiary/aromatic N) is 2. The van der Waals surface area contributed by atoms with Crippen LogP contribution in [-0.2, 0) is 0 Å². The van der Waals surface area contributed by atoms with E-state index in [2.05, 4.69) is 55.4 Å². The zero-order valence-electron chi connectivity index (χ0n) is 81.2. The van der Waals surface area contributed by atoms with Gasteiger partial charge in [-0.2, -0.15) is 0 Å². The first-order valence-corrected chi connectivity index (χ1v) is 55.9. The van der Waals surface area contributed by atoms with Gasteiger partial charge in [-0.25, -0.2) is 0 Å². The number of quaternary nitrogens is 2. The Bertz CT molecular complexity index is 1950. The smallest absolute Gasteiger partial charge is 0.0786 e. The number of unbranched alkanes of at least 4 members (excludes halogenated alkanes) is 72. The number of carbonyl (C=O) groups is 2. The molecule has 118 heavy (non-hydrogen) atoms. The van der Waals surface area contributed by atoms with Crippen molar-refractivity contribution in [1.82, 2.24) is 0 Å². The molecule has 8 heteroatoms. The standard InChI is InChI=1S/2C48H100N.C14H10O4S2/c2*1-5-9-13-17-21-25-29-33-37-41-45-49(46-42-38-34-30-26-22-18-14-10-6-2,47-43-39-35-31-27-23-19-15-11-7-3)48-44-40-36-32-28-24-20-16-12-8-4;15-13(16)9-5-1-3-7-11(9)19-20-12-8-4-2-6-10(12)14(17)18/h2*5-48H2,1-4H3;1-8H,(H,15,16)(H,17,18)/q2*+1;/p-2. The Morgan fingerprint density at radius 3 is 0.415 bits per heavy atom. The van der Waals surface area contributed by atoms with E-state index >= 15 is 0 Å². The highest BCUT2D eigenvalue weighted by atomic mass is 33.1. The number of aromatic carboxylic acids is 2. The van der Waals surface area contributed by atoms with Crippen LogP contribution in [0.3, 0.4) is 0 Å². The number of benzene rings is 2. The highest BCUT2D eigenvalue weighted by molar-refractivity contribution is 8.76. The molecule has 0 fully saturated rings. The SMILES string of the molecule is CCCCCCCCCCCC[N+](CCCCCCCCCCCC)(CCCCCCCCCCCC)CCCCCCCCCCCC.CCCCCCCCCCCC[N+](CCCCCCCCCCCC)(CCCCCCCCCCCC)CCCCCCCCCCCC.O=C([O-])c1ccccc1SSc1ccccc1C(=O)[O-]. The molecule has 0 aliphatic carbocycles. The Morgan fingerprint density at radius 1 is 0.186 bits per heavy atom. The van der Waals surface area contributed by atoms with Crippen LogP contribution in [0.15, 0.2) is 58.3 Å². The molecule has 0 aliphatic heterocycles. The summed E-state index contributed by atoms with van der Waals surface area (Å²) in [4.78, 5) is 23.0. The average molecular weight is 1690 g/mol. The van der Waals surface area contributed by atoms with Gasteiger partial charge in [0.2, 0.25) is 0 Å². The molecule has 2 aromatic rings. The zero-order valence-corrected chi connectivity index (χ0v) is 82.8. The first-order chi connectivity index (χ1) is 58.1. The summed E-state index contributed by atoms with van der Waals surface area (Å²) in [7, 11) is 2.33. The van der Waals surface area contributed by atoms with Crippen LogP contribution in [0, 0.1) is 0 Å². The van der Waals surface area contributed by atoms with Gasteiger partial charge in [0.05, 0.1) is 64.3 Å². The van der Waals surface area contributed by atoms with Crippen LogP contribution in [0.2, 0.25) is 0 Å². The molecule has 2 rings (SSSR count). The van der Waals surface area contributed by atoms with Gasteiger partial charge in [-0.1, -0.05) is 524 Å². The Kier molecular flexibility index (Phi) is 92.5. The molecule has 0 unspecified atom stereocenters. The molecule has 694 valence electrons. The summed E-state index contributed by atoms with van der Waals surface area (Å²) in [6.07, 6.45) is 117. The molecule has 0 aliphatic rings. The quantitative estimate of drug-likeness (QED) is 0.0373. The van der Waals surface area contributed by atoms with Crippen LogP contribution in [0.25, 0.3) is 0 Å². The van der Waals surface area contributed by atoms with Gasteiger partial charge in [0, 0.05) is 20.9 Å². The number of hydrogen-bond donors (Lipinski definition) is 0. The highest BCUT2D eigenvalue weighted by Gasteiger charge is 2.28. The minimum absolute atomic E-state index is 0.0796. The Balaban J connectivity index is 0.00000188. The summed E-state index contributed by atoms with van der Waals surface area (Å²) in [6, 6.07) is 12.8. The molecule has 0 spiro atoms. The van der Waals surface area contributed by atoms with E-state index in [0.717, 1.165) is 21.6 Å². The van der Waals surface area contributed by atoms with Crippen molar-refractivity contribution in [3.05, 3.63) is 59.7 Å². The number of rotatable bonds is 93. The van der Waals surface area contributed by atoms with E-state index < -0.39 is 11.9 Å². The highest BCUT2D eigenvalue weighted by Crippen LogP contribution is 2.40. The predicted molar refractivity (Wildman–Crippen MR) is 527 cm³/mol. The molecule has 2 aromatic carbocycles. The summed E-state index contributed by atoms with van der Waals surface area (Å²) < 4.78 is 2.98. The van der Waals surface area contributed by atoms with E-state index in [1.807, 2.05) is 0 Å². The van der Waals surface area contributed by atoms with E-state index in [9.17, 15) is 19.8 Å². The molecule has 6 nitrogen and oxygen atoms in total. The van der Waals surface area contributed by atoms with E-state index in [-0.39, 0.29) is 11.1 Å². The summed E-state index contributed by atoms with van der Waals surface area (Å²) in [6.45, 7) is 30.6. The van der Waals surface area contributed by atoms with Crippen molar-refractivity contribution in [2.75, 3.05) is 52.4 Å². The monoisotopic (exact) mass is 1690 g/mol. The van der Waals surface area contributed by atoms with Crippen molar-refractivity contribution in [3.63, 3.8) is 0 Å². The molecule has 0 saturated heterocycles. The summed E-state index contributed by atoms with van der Waals surface area (Å²) in [5.41, 5.74) is 0.159. The lowest BCUT2D eigenvalue weighted by molar-refractivity contribution is -0.929. The fraction of sp³-hybridized carbons (Fsp3) is 0.873. The molecule has 0 radical (unpaired) electrons. The number of carboxylic acid groups (broad SMARTS) is 2. The maximum atomic E-state index is 11.0. The molecule has 0 saturated carbocycles. The molecule has 0 heterocycles. The lowest BCUT2D eigenvalue weighted by Gasteiger charge is -2.40. The number of carbonyl (C=O) groups excluding carboxylic acids is 2. The van der Waals surface area contributed by atoms with Crippen LogP contribution >= 0.6 is 21.6 Å². The van der Waals surface area contributed by atoms with Crippen LogP contribution in [-0.4, -0.2) is 73.3 Å². The molecule has 0 aromatic heterocycles. The molecule has 0 N–H and O–H groups in total. The summed E-state index contributed by atoms with van der Waals surface area (Å²) in [5.74, 6) is -2.52. The van der Waals surface area contributed by atoms with Crippen molar-refractivity contribution >= 4 is 33.5 Å². The topological polar surface area (TPSA) is 80.3 Å². The van der Waals surface area contributed by atoms with Crippen molar-refractivity contribution < 1.29 is 28.8 Å². The molecule has 0 bridgehead atoms. The minimum atomic E-state index is -1.26. The Hall–Kier alpha value is -2.00. The normalized spacial score (nSPS) is 11.7. The van der Waals surface area contributed by atoms with Crippen LogP contribution in [0.1, 0.15) is 590 Å². The van der Waals surface area contributed by atoms with Gasteiger partial charge in [0.1, 0.15) is 0 Å². The van der Waals surface area contributed by atoms with Gasteiger partial charge in [-0.3, -0.25) is 0 Å². The van der Waals surface area contributed by atoms with E-state index in [0.29, 0.717) is 9.79 Å². The lowest BCUT2D eigenvalue weighted by atomic mass is 10.0. The van der Waals surface area contributed by atoms with Gasteiger partial charge < -0.3 is 28.8 Å². The Labute approximate surface area is 748 Å². The van der Waals surface area contributed by atoms with Crippen LogP contribution < -0.4 is 10.2 Å². The van der Waals surface area contributed by atoms with Gasteiger partial charge in [-0.05, 0) is 115 Å². The number of carboxylic acids is 2. The van der Waals surface area contributed by atoms with Gasteiger partial charge in [0.15, 0.2) is 0 Å². The van der Waals surface area contributed by atoms with Crippen molar-refractivity contribution in [2.24, 2.45) is 0 Å². The molecular weight excluding hydrogens is 1480 g/mol. The average Bonchev–Trinajstić information content (AvgIpc) is 0.866. The third-order valence-corrected chi connectivity index (χ3v) is 28.8. The second-order valence-electron chi connectivity index (χ2n) is 37.7. The lowest BCUT2D eigenvalue weighted by Crippen LogP contribution is -2.50. The first-order valence-electron chi connectivity index (χ1n) is 53.7. The van der Waals surface area contributed by atoms with Crippen molar-refractivity contribution in [2.45, 2.75) is 579 Å². The summed E-state index contributed by atoms with van der Waals surface area (Å²) >= 11 is 0. The van der Waals surface area contributed by atoms with Crippen LogP contribution in [0.4, 0.5) is 0 Å². The maximum Gasteiger partial charge on any atom is 0.0786 e. The van der Waals surface area contributed by atoms with E-state index in [1.54, 1.807) is 36.4 Å².